The van der Waals surface area contributed by atoms with E-state index >= 15 is 0 Å². The van der Waals surface area contributed by atoms with E-state index in [1.807, 2.05) is 0 Å². The van der Waals surface area contributed by atoms with E-state index in [9.17, 15) is 18.4 Å². The van der Waals surface area contributed by atoms with Gasteiger partial charge in [0.1, 0.15) is 6.29 Å². The molecule has 0 unspecified atom stereocenters. The quantitative estimate of drug-likeness (QED) is 0.851. The van der Waals surface area contributed by atoms with Gasteiger partial charge in [0.05, 0.1) is 6.54 Å². The number of nitrogens with zero attached hydrogens (tertiary/aromatic N) is 1. The summed E-state index contributed by atoms with van der Waals surface area (Å²) in [6, 6.07) is 3.21. The fraction of sp³-hybridized carbons (Fsp3) is 0.429. The number of aldehydes is 1. The van der Waals surface area contributed by atoms with E-state index in [0.29, 0.717) is 19.1 Å². The average Bonchev–Trinajstić information content (AvgIpc) is 2.48. The molecule has 0 aromatic heterocycles. The molecule has 1 aliphatic heterocycles. The van der Waals surface area contributed by atoms with Crippen molar-refractivity contribution in [1.29, 1.82) is 0 Å². The molecule has 0 spiro atoms. The second-order valence-electron chi connectivity index (χ2n) is 4.74. The Hall–Kier alpha value is -1.82. The second kappa shape index (κ2) is 6.56. The summed E-state index contributed by atoms with van der Waals surface area (Å²) in [5.74, 6) is -2.42. The maximum atomic E-state index is 13.3. The highest BCUT2D eigenvalue weighted by molar-refractivity contribution is 5.97. The third-order valence-corrected chi connectivity index (χ3v) is 3.43. The molecule has 1 aromatic carbocycles. The summed E-state index contributed by atoms with van der Waals surface area (Å²) >= 11 is 0. The summed E-state index contributed by atoms with van der Waals surface area (Å²) < 4.78 is 26.2. The van der Waals surface area contributed by atoms with Crippen molar-refractivity contribution in [2.45, 2.75) is 12.8 Å². The van der Waals surface area contributed by atoms with Crippen molar-refractivity contribution in [2.24, 2.45) is 5.92 Å². The molecule has 1 saturated heterocycles. The van der Waals surface area contributed by atoms with Crippen molar-refractivity contribution in [3.05, 3.63) is 29.8 Å². The van der Waals surface area contributed by atoms with Gasteiger partial charge in [-0.1, -0.05) is 0 Å². The van der Waals surface area contributed by atoms with Crippen molar-refractivity contribution in [1.82, 2.24) is 5.32 Å². The van der Waals surface area contributed by atoms with E-state index in [2.05, 4.69) is 5.32 Å². The smallest absolute Gasteiger partial charge is 0.230 e. The Kier molecular flexibility index (Phi) is 4.79. The second-order valence-corrected chi connectivity index (χ2v) is 4.74. The van der Waals surface area contributed by atoms with Crippen LogP contribution in [0.3, 0.4) is 0 Å². The van der Waals surface area contributed by atoms with Crippen LogP contribution in [0.1, 0.15) is 12.8 Å². The molecule has 1 amide bonds. The number of hydrogen-bond acceptors (Lipinski definition) is 3. The predicted molar refractivity (Wildman–Crippen MR) is 70.4 cm³/mol. The molecule has 20 heavy (non-hydrogen) atoms. The van der Waals surface area contributed by atoms with Crippen molar-refractivity contribution < 1.29 is 18.4 Å². The number of amides is 1. The van der Waals surface area contributed by atoms with E-state index in [0.717, 1.165) is 25.2 Å². The Labute approximate surface area is 115 Å². The Balaban J connectivity index is 2.22. The zero-order chi connectivity index (χ0) is 14.5. The molecule has 4 nitrogen and oxygen atoms in total. The van der Waals surface area contributed by atoms with Gasteiger partial charge in [0.15, 0.2) is 11.6 Å². The first-order valence-corrected chi connectivity index (χ1v) is 6.54. The number of carbonyl (C=O) groups excluding carboxylic acids is 2. The van der Waals surface area contributed by atoms with Crippen LogP contribution in [-0.2, 0) is 9.59 Å². The number of piperidine rings is 1. The molecule has 6 heteroatoms. The first-order chi connectivity index (χ1) is 9.63. The molecule has 1 N–H and O–H groups in total. The third kappa shape index (κ3) is 3.19. The molecule has 1 aromatic rings. The number of hydrogen-bond donors (Lipinski definition) is 1. The van der Waals surface area contributed by atoms with Gasteiger partial charge in [-0.3, -0.25) is 4.79 Å². The van der Waals surface area contributed by atoms with Gasteiger partial charge in [-0.2, -0.15) is 0 Å². The van der Waals surface area contributed by atoms with Crippen molar-refractivity contribution in [3.63, 3.8) is 0 Å². The summed E-state index contributed by atoms with van der Waals surface area (Å²) in [5, 5.41) is 3.15. The number of halogens is 2. The van der Waals surface area contributed by atoms with Gasteiger partial charge in [-0.05, 0) is 38.1 Å². The molecule has 0 radical (unpaired) electrons. The van der Waals surface area contributed by atoms with Crippen LogP contribution in [0.2, 0.25) is 0 Å². The summed E-state index contributed by atoms with van der Waals surface area (Å²) in [6.07, 6.45) is 1.94. The molecule has 1 fully saturated rings. The van der Waals surface area contributed by atoms with Gasteiger partial charge in [-0.15, -0.1) is 0 Å². The topological polar surface area (TPSA) is 49.4 Å². The van der Waals surface area contributed by atoms with E-state index in [4.69, 9.17) is 0 Å². The van der Waals surface area contributed by atoms with Crippen LogP contribution in [0.15, 0.2) is 18.2 Å². The highest BCUT2D eigenvalue weighted by Crippen LogP contribution is 2.22. The van der Waals surface area contributed by atoms with E-state index in [1.165, 1.54) is 11.0 Å². The fourth-order valence-corrected chi connectivity index (χ4v) is 2.34. The van der Waals surface area contributed by atoms with E-state index in [-0.39, 0.29) is 24.1 Å². The highest BCUT2D eigenvalue weighted by atomic mass is 19.2. The van der Waals surface area contributed by atoms with Crippen LogP contribution in [0.4, 0.5) is 14.5 Å². The van der Waals surface area contributed by atoms with Gasteiger partial charge in [0.2, 0.25) is 5.91 Å². The molecule has 0 saturated carbocycles. The van der Waals surface area contributed by atoms with Crippen LogP contribution in [0, 0.1) is 17.6 Å². The first-order valence-electron chi connectivity index (χ1n) is 6.54. The third-order valence-electron chi connectivity index (χ3n) is 3.43. The number of rotatable bonds is 4. The lowest BCUT2D eigenvalue weighted by molar-refractivity contribution is -0.124. The lowest BCUT2D eigenvalue weighted by Crippen LogP contribution is -2.42. The lowest BCUT2D eigenvalue weighted by Gasteiger charge is -2.28. The normalized spacial score (nSPS) is 15.9. The van der Waals surface area contributed by atoms with Crippen LogP contribution in [0.25, 0.3) is 0 Å². The largest absolute Gasteiger partial charge is 0.317 e. The molecule has 2 rings (SSSR count). The fourth-order valence-electron chi connectivity index (χ4n) is 2.34. The van der Waals surface area contributed by atoms with Crippen molar-refractivity contribution in [2.75, 3.05) is 24.5 Å². The maximum absolute atomic E-state index is 13.3. The molecular weight excluding hydrogens is 266 g/mol. The average molecular weight is 282 g/mol. The minimum absolute atomic E-state index is 0.159. The first kappa shape index (κ1) is 14.6. The van der Waals surface area contributed by atoms with Gasteiger partial charge in [0, 0.05) is 17.7 Å². The van der Waals surface area contributed by atoms with Crippen LogP contribution in [0.5, 0.6) is 0 Å². The van der Waals surface area contributed by atoms with Crippen LogP contribution in [-0.4, -0.2) is 31.8 Å². The Morgan fingerprint density at radius 3 is 2.60 bits per heavy atom. The lowest BCUT2D eigenvalue weighted by atomic mass is 9.96. The SMILES string of the molecule is O=CCN(C(=O)C1CCNCC1)c1ccc(F)c(F)c1. The van der Waals surface area contributed by atoms with Gasteiger partial charge < -0.3 is 15.0 Å². The predicted octanol–water partition coefficient (Wildman–Crippen LogP) is 1.50. The molecular formula is C14H16F2N2O2. The maximum Gasteiger partial charge on any atom is 0.230 e. The Morgan fingerprint density at radius 2 is 2.00 bits per heavy atom. The zero-order valence-electron chi connectivity index (χ0n) is 10.9. The van der Waals surface area contributed by atoms with Gasteiger partial charge >= 0.3 is 0 Å². The van der Waals surface area contributed by atoms with Crippen LogP contribution < -0.4 is 10.2 Å². The summed E-state index contributed by atoms with van der Waals surface area (Å²) in [7, 11) is 0. The molecule has 0 bridgehead atoms. The molecule has 1 aliphatic rings. The number of benzene rings is 1. The molecule has 1 heterocycles. The monoisotopic (exact) mass is 282 g/mol. The summed E-state index contributed by atoms with van der Waals surface area (Å²) in [6.45, 7) is 1.32. The standard InChI is InChI=1S/C14H16F2N2O2/c15-12-2-1-11(9-13(12)16)18(7-8-19)14(20)10-3-5-17-6-4-10/h1-2,8-10,17H,3-7H2. The molecule has 0 atom stereocenters. The Bertz CT molecular complexity index is 502. The van der Waals surface area contributed by atoms with Crippen molar-refractivity contribution >= 4 is 17.9 Å². The minimum Gasteiger partial charge on any atom is -0.317 e. The van der Waals surface area contributed by atoms with E-state index in [1.54, 1.807) is 0 Å². The number of carbonyl (C=O) groups is 2. The van der Waals surface area contributed by atoms with Crippen LogP contribution >= 0.6 is 0 Å². The zero-order valence-corrected chi connectivity index (χ0v) is 10.9. The van der Waals surface area contributed by atoms with E-state index < -0.39 is 11.6 Å². The molecule has 108 valence electrons. The number of nitrogens with one attached hydrogen (secondary N) is 1. The Morgan fingerprint density at radius 1 is 1.30 bits per heavy atom. The number of anilines is 1. The minimum atomic E-state index is -1.03. The summed E-state index contributed by atoms with van der Waals surface area (Å²) in [5.41, 5.74) is 0.208. The van der Waals surface area contributed by atoms with Gasteiger partial charge in [0.25, 0.3) is 0 Å². The summed E-state index contributed by atoms with van der Waals surface area (Å²) in [4.78, 5) is 24.4. The molecule has 0 aliphatic carbocycles. The van der Waals surface area contributed by atoms with Crippen molar-refractivity contribution in [3.8, 4) is 0 Å². The highest BCUT2D eigenvalue weighted by Gasteiger charge is 2.27. The van der Waals surface area contributed by atoms with Gasteiger partial charge in [-0.25, -0.2) is 8.78 Å².